The third kappa shape index (κ3) is 3.35. The van der Waals surface area contributed by atoms with Gasteiger partial charge in [0.25, 0.3) is 11.8 Å². The Kier molecular flexibility index (Phi) is 5.11. The topological polar surface area (TPSA) is 97.3 Å². The van der Waals surface area contributed by atoms with Crippen molar-refractivity contribution >= 4 is 11.8 Å². The zero-order chi connectivity index (χ0) is 18.7. The van der Waals surface area contributed by atoms with E-state index < -0.39 is 0 Å². The van der Waals surface area contributed by atoms with E-state index in [1.54, 1.807) is 11.0 Å². The predicted octanol–water partition coefficient (Wildman–Crippen LogP) is 1.35. The first-order valence-corrected chi connectivity index (χ1v) is 8.52. The zero-order valence-electron chi connectivity index (χ0n) is 15.1. The monoisotopic (exact) mass is 355 g/mol. The molecule has 2 amide bonds. The molecule has 26 heavy (non-hydrogen) atoms. The summed E-state index contributed by atoms with van der Waals surface area (Å²) in [6.45, 7) is 5.17. The van der Waals surface area contributed by atoms with Crippen molar-refractivity contribution in [3.63, 3.8) is 0 Å². The van der Waals surface area contributed by atoms with Gasteiger partial charge in [-0.15, -0.1) is 0 Å². The molecule has 136 valence electrons. The summed E-state index contributed by atoms with van der Waals surface area (Å²) in [5.74, 6) is 0.753. The number of nitrogens with zero attached hydrogens (tertiary/aromatic N) is 4. The van der Waals surface area contributed by atoms with Crippen LogP contribution in [-0.2, 0) is 19.5 Å². The van der Waals surface area contributed by atoms with Gasteiger partial charge in [-0.1, -0.05) is 6.92 Å². The molecule has 0 saturated heterocycles. The summed E-state index contributed by atoms with van der Waals surface area (Å²) in [6.07, 6.45) is 3.71. The summed E-state index contributed by atoms with van der Waals surface area (Å²) in [6, 6.07) is 1.75. The lowest BCUT2D eigenvalue weighted by Crippen LogP contribution is -2.24. The Morgan fingerprint density at radius 1 is 1.31 bits per heavy atom. The Morgan fingerprint density at radius 2 is 2.04 bits per heavy atom. The van der Waals surface area contributed by atoms with Gasteiger partial charge in [0.15, 0.2) is 0 Å². The van der Waals surface area contributed by atoms with Gasteiger partial charge < -0.3 is 15.0 Å². The van der Waals surface area contributed by atoms with Gasteiger partial charge in [-0.05, 0) is 13.0 Å². The lowest BCUT2D eigenvalue weighted by Gasteiger charge is -2.10. The number of ether oxygens (including phenoxy) is 1. The normalized spacial score (nSPS) is 12.9. The van der Waals surface area contributed by atoms with Gasteiger partial charge >= 0.3 is 0 Å². The van der Waals surface area contributed by atoms with Crippen LogP contribution in [0.2, 0.25) is 0 Å². The van der Waals surface area contributed by atoms with E-state index in [1.807, 2.05) is 13.8 Å². The Morgan fingerprint density at radius 3 is 2.65 bits per heavy atom. The van der Waals surface area contributed by atoms with Crippen LogP contribution in [0.1, 0.15) is 51.6 Å². The van der Waals surface area contributed by atoms with Crippen LogP contribution in [0.15, 0.2) is 18.5 Å². The molecule has 1 aliphatic rings. The molecule has 2 aromatic heterocycles. The van der Waals surface area contributed by atoms with Crippen molar-refractivity contribution < 1.29 is 14.3 Å². The van der Waals surface area contributed by atoms with Gasteiger partial charge in [0.05, 0.1) is 30.5 Å². The average Bonchev–Trinajstić information content (AvgIpc) is 3.00. The molecule has 3 rings (SSSR count). The van der Waals surface area contributed by atoms with Crippen molar-refractivity contribution in [1.29, 1.82) is 0 Å². The maximum Gasteiger partial charge on any atom is 0.256 e. The molecule has 0 radical (unpaired) electrons. The van der Waals surface area contributed by atoms with E-state index in [2.05, 4.69) is 20.3 Å². The zero-order valence-corrected chi connectivity index (χ0v) is 15.1. The smallest absolute Gasteiger partial charge is 0.256 e. The Bertz CT molecular complexity index is 835. The van der Waals surface area contributed by atoms with Crippen LogP contribution in [0.5, 0.6) is 5.88 Å². The standard InChI is InChI=1S/C18H21N5O3/c1-4-15-19-8-12(9-20-15)16(24)21-7-11-6-13-14(22-17(11)26-3)10-23(5-2)18(13)25/h6,8-9H,4-5,7,10H2,1-3H3,(H,21,24). The fourth-order valence-corrected chi connectivity index (χ4v) is 2.79. The van der Waals surface area contributed by atoms with E-state index in [0.717, 1.165) is 0 Å². The number of methoxy groups -OCH3 is 1. The Balaban J connectivity index is 1.76. The molecule has 0 fully saturated rings. The minimum Gasteiger partial charge on any atom is -0.481 e. The number of carbonyl (C=O) groups excluding carboxylic acids is 2. The number of nitrogens with one attached hydrogen (secondary N) is 1. The highest BCUT2D eigenvalue weighted by molar-refractivity contribution is 5.98. The second kappa shape index (κ2) is 7.47. The molecule has 0 aromatic carbocycles. The maximum atomic E-state index is 12.3. The van der Waals surface area contributed by atoms with Gasteiger partial charge in [0.1, 0.15) is 5.82 Å². The third-order valence-electron chi connectivity index (χ3n) is 4.30. The number of aromatic nitrogens is 3. The van der Waals surface area contributed by atoms with E-state index >= 15 is 0 Å². The van der Waals surface area contributed by atoms with Gasteiger partial charge in [0.2, 0.25) is 5.88 Å². The van der Waals surface area contributed by atoms with Gasteiger partial charge in [-0.25, -0.2) is 15.0 Å². The van der Waals surface area contributed by atoms with Crippen LogP contribution in [0.3, 0.4) is 0 Å². The van der Waals surface area contributed by atoms with E-state index in [0.29, 0.717) is 53.6 Å². The Hall–Kier alpha value is -3.03. The number of carbonyl (C=O) groups is 2. The molecule has 0 atom stereocenters. The molecule has 0 spiro atoms. The first-order chi connectivity index (χ1) is 12.6. The van der Waals surface area contributed by atoms with E-state index in [1.165, 1.54) is 19.5 Å². The number of fused-ring (bicyclic) bond motifs is 1. The number of hydrogen-bond donors (Lipinski definition) is 1. The summed E-state index contributed by atoms with van der Waals surface area (Å²) in [7, 11) is 1.52. The first-order valence-electron chi connectivity index (χ1n) is 8.52. The van der Waals surface area contributed by atoms with Crippen LogP contribution >= 0.6 is 0 Å². The number of hydrogen-bond acceptors (Lipinski definition) is 6. The lowest BCUT2D eigenvalue weighted by molar-refractivity contribution is 0.0786. The molecule has 0 unspecified atom stereocenters. The second-order valence-electron chi connectivity index (χ2n) is 5.89. The molecule has 0 saturated carbocycles. The minimum atomic E-state index is -0.295. The first kappa shape index (κ1) is 17.8. The molecular weight excluding hydrogens is 334 g/mol. The van der Waals surface area contributed by atoms with Crippen molar-refractivity contribution in [1.82, 2.24) is 25.2 Å². The van der Waals surface area contributed by atoms with Gasteiger partial charge in [-0.3, -0.25) is 9.59 Å². The van der Waals surface area contributed by atoms with Gasteiger partial charge in [0, 0.05) is 37.5 Å². The fourth-order valence-electron chi connectivity index (χ4n) is 2.79. The van der Waals surface area contributed by atoms with Gasteiger partial charge in [-0.2, -0.15) is 0 Å². The SMILES string of the molecule is CCc1ncc(C(=O)NCc2cc3c(nc2OC)CN(CC)C3=O)cn1. The van der Waals surface area contributed by atoms with Crippen LogP contribution in [0.4, 0.5) is 0 Å². The molecule has 2 aromatic rings. The highest BCUT2D eigenvalue weighted by Crippen LogP contribution is 2.26. The van der Waals surface area contributed by atoms with Crippen molar-refractivity contribution in [2.45, 2.75) is 33.4 Å². The highest BCUT2D eigenvalue weighted by Gasteiger charge is 2.29. The summed E-state index contributed by atoms with van der Waals surface area (Å²) >= 11 is 0. The van der Waals surface area contributed by atoms with Crippen LogP contribution < -0.4 is 10.1 Å². The molecule has 3 heterocycles. The summed E-state index contributed by atoms with van der Waals surface area (Å²) < 4.78 is 5.33. The molecule has 1 N–H and O–H groups in total. The average molecular weight is 355 g/mol. The molecular formula is C18H21N5O3. The predicted molar refractivity (Wildman–Crippen MR) is 93.8 cm³/mol. The van der Waals surface area contributed by atoms with E-state index in [4.69, 9.17) is 4.74 Å². The molecule has 8 nitrogen and oxygen atoms in total. The van der Waals surface area contributed by atoms with Crippen LogP contribution in [0.25, 0.3) is 0 Å². The Labute approximate surface area is 151 Å². The largest absolute Gasteiger partial charge is 0.481 e. The number of rotatable bonds is 6. The van der Waals surface area contributed by atoms with Crippen LogP contribution in [-0.4, -0.2) is 45.3 Å². The van der Waals surface area contributed by atoms with Crippen molar-refractivity contribution in [2.24, 2.45) is 0 Å². The quantitative estimate of drug-likeness (QED) is 0.840. The van der Waals surface area contributed by atoms with E-state index in [-0.39, 0.29) is 18.4 Å². The number of amides is 2. The fraction of sp³-hybridized carbons (Fsp3) is 0.389. The third-order valence-corrected chi connectivity index (χ3v) is 4.30. The van der Waals surface area contributed by atoms with E-state index in [9.17, 15) is 9.59 Å². The molecule has 1 aliphatic heterocycles. The molecule has 0 bridgehead atoms. The summed E-state index contributed by atoms with van der Waals surface area (Å²) in [4.78, 5) is 39.0. The van der Waals surface area contributed by atoms with Crippen LogP contribution in [0, 0.1) is 0 Å². The van der Waals surface area contributed by atoms with Crippen molar-refractivity contribution in [2.75, 3.05) is 13.7 Å². The van der Waals surface area contributed by atoms with Crippen molar-refractivity contribution in [3.8, 4) is 5.88 Å². The summed E-state index contributed by atoms with van der Waals surface area (Å²) in [5, 5.41) is 2.79. The highest BCUT2D eigenvalue weighted by atomic mass is 16.5. The number of aryl methyl sites for hydroxylation is 1. The minimum absolute atomic E-state index is 0.0474. The number of pyridine rings is 1. The summed E-state index contributed by atoms with van der Waals surface area (Å²) in [5.41, 5.74) is 2.29. The lowest BCUT2D eigenvalue weighted by atomic mass is 10.1. The molecule has 0 aliphatic carbocycles. The molecule has 8 heteroatoms. The second-order valence-corrected chi connectivity index (χ2v) is 5.89. The maximum absolute atomic E-state index is 12.3. The van der Waals surface area contributed by atoms with Crippen molar-refractivity contribution in [3.05, 3.63) is 46.7 Å².